The number of hydrogen-bond donors (Lipinski definition) is 1. The molecule has 0 atom stereocenters. The van der Waals surface area contributed by atoms with E-state index < -0.39 is 11.7 Å². The van der Waals surface area contributed by atoms with Gasteiger partial charge in [0.1, 0.15) is 11.7 Å². The number of carbonyl (C=O) groups is 2. The number of aromatic nitrogens is 2. The maximum absolute atomic E-state index is 12.4. The minimum atomic E-state index is -0.590. The number of anilines is 1. The molecule has 0 aliphatic carbocycles. The van der Waals surface area contributed by atoms with E-state index in [-0.39, 0.29) is 30.4 Å². The predicted molar refractivity (Wildman–Crippen MR) is 114 cm³/mol. The summed E-state index contributed by atoms with van der Waals surface area (Å²) in [5, 5.41) is 10.6. The SMILES string of the molecule is CC(C)CN(NC(=O)OCC1CCN(C(=O)OC(C)(C)C)CC1)c1ccnc(C#N)n1. The normalized spacial score (nSPS) is 14.7. The van der Waals surface area contributed by atoms with Crippen LogP contribution in [-0.4, -0.2) is 58.9 Å². The molecule has 1 aromatic rings. The highest BCUT2D eigenvalue weighted by Gasteiger charge is 2.27. The number of piperidine rings is 1. The summed E-state index contributed by atoms with van der Waals surface area (Å²) in [4.78, 5) is 34.2. The van der Waals surface area contributed by atoms with E-state index in [1.54, 1.807) is 16.0 Å². The van der Waals surface area contributed by atoms with Gasteiger partial charge in [-0.1, -0.05) is 13.8 Å². The molecule has 1 fully saturated rings. The maximum atomic E-state index is 12.4. The second-order valence-electron chi connectivity index (χ2n) is 8.98. The van der Waals surface area contributed by atoms with E-state index in [0.29, 0.717) is 25.5 Å². The van der Waals surface area contributed by atoms with Crippen LogP contribution < -0.4 is 10.4 Å². The first kappa shape index (κ1) is 24.2. The Morgan fingerprint density at radius 2 is 2.03 bits per heavy atom. The molecule has 0 bridgehead atoms. The molecule has 1 aliphatic rings. The number of hydrogen-bond acceptors (Lipinski definition) is 8. The highest BCUT2D eigenvalue weighted by atomic mass is 16.6. The minimum absolute atomic E-state index is 0.0261. The van der Waals surface area contributed by atoms with Gasteiger partial charge in [-0.25, -0.2) is 20.0 Å². The van der Waals surface area contributed by atoms with Crippen LogP contribution in [0.5, 0.6) is 0 Å². The second-order valence-corrected chi connectivity index (χ2v) is 8.98. The van der Waals surface area contributed by atoms with Crippen LogP contribution in [0, 0.1) is 23.2 Å². The van der Waals surface area contributed by atoms with Crippen LogP contribution in [0.15, 0.2) is 12.3 Å². The van der Waals surface area contributed by atoms with Gasteiger partial charge in [0.05, 0.1) is 6.61 Å². The van der Waals surface area contributed by atoms with Gasteiger partial charge in [-0.05, 0) is 45.4 Å². The largest absolute Gasteiger partial charge is 0.448 e. The number of nitrogens with one attached hydrogen (secondary N) is 1. The van der Waals surface area contributed by atoms with E-state index in [4.69, 9.17) is 14.7 Å². The molecule has 0 aromatic carbocycles. The number of nitriles is 1. The number of nitrogens with zero attached hydrogens (tertiary/aromatic N) is 5. The molecule has 2 heterocycles. The summed E-state index contributed by atoms with van der Waals surface area (Å²) in [7, 11) is 0. The van der Waals surface area contributed by atoms with E-state index in [9.17, 15) is 9.59 Å². The maximum Gasteiger partial charge on any atom is 0.426 e. The van der Waals surface area contributed by atoms with E-state index in [1.807, 2.05) is 40.7 Å². The fourth-order valence-corrected chi connectivity index (χ4v) is 3.06. The van der Waals surface area contributed by atoms with Gasteiger partial charge >= 0.3 is 12.2 Å². The molecule has 2 amide bonds. The summed E-state index contributed by atoms with van der Waals surface area (Å²) in [6, 6.07) is 3.51. The van der Waals surface area contributed by atoms with Crippen molar-refractivity contribution < 1.29 is 19.1 Å². The summed E-state index contributed by atoms with van der Waals surface area (Å²) in [5.74, 6) is 0.853. The van der Waals surface area contributed by atoms with Crippen molar-refractivity contribution in [3.8, 4) is 6.07 Å². The second kappa shape index (κ2) is 10.8. The third-order valence-corrected chi connectivity index (χ3v) is 4.51. The Bertz CT molecular complexity index is 794. The smallest absolute Gasteiger partial charge is 0.426 e. The topological polar surface area (TPSA) is 121 Å². The van der Waals surface area contributed by atoms with Crippen LogP contribution in [0.1, 0.15) is 53.3 Å². The molecule has 1 N–H and O–H groups in total. The Balaban J connectivity index is 1.83. The fourth-order valence-electron chi connectivity index (χ4n) is 3.06. The third kappa shape index (κ3) is 8.28. The summed E-state index contributed by atoms with van der Waals surface area (Å²) in [6.45, 7) is 11.4. The van der Waals surface area contributed by atoms with Crippen molar-refractivity contribution in [2.24, 2.45) is 11.8 Å². The lowest BCUT2D eigenvalue weighted by molar-refractivity contribution is 0.0149. The van der Waals surface area contributed by atoms with Gasteiger partial charge in [0.25, 0.3) is 0 Å². The summed E-state index contributed by atoms with van der Waals surface area (Å²) in [6.07, 6.45) is 2.04. The van der Waals surface area contributed by atoms with Crippen LogP contribution in [0.3, 0.4) is 0 Å². The van der Waals surface area contributed by atoms with Gasteiger partial charge in [-0.2, -0.15) is 10.2 Å². The minimum Gasteiger partial charge on any atom is -0.448 e. The van der Waals surface area contributed by atoms with Crippen molar-refractivity contribution in [2.45, 2.75) is 53.1 Å². The number of hydrazine groups is 1. The zero-order chi connectivity index (χ0) is 23.0. The number of carbonyl (C=O) groups excluding carboxylic acids is 2. The monoisotopic (exact) mass is 432 g/mol. The first-order chi connectivity index (χ1) is 14.6. The quantitative estimate of drug-likeness (QED) is 0.681. The van der Waals surface area contributed by atoms with Crippen LogP contribution in [0.4, 0.5) is 15.4 Å². The number of amides is 2. The summed E-state index contributed by atoms with van der Waals surface area (Å²) >= 11 is 0. The molecule has 1 aromatic heterocycles. The number of likely N-dealkylation sites (tertiary alicyclic amines) is 1. The molecular formula is C21H32N6O4. The highest BCUT2D eigenvalue weighted by Crippen LogP contribution is 2.20. The Kier molecular flexibility index (Phi) is 8.42. The Hall–Kier alpha value is -3.09. The number of ether oxygens (including phenoxy) is 2. The van der Waals surface area contributed by atoms with E-state index in [0.717, 1.165) is 12.8 Å². The molecule has 10 nitrogen and oxygen atoms in total. The molecule has 0 saturated carbocycles. The zero-order valence-corrected chi connectivity index (χ0v) is 18.9. The molecule has 0 unspecified atom stereocenters. The molecule has 1 aliphatic heterocycles. The van der Waals surface area contributed by atoms with E-state index >= 15 is 0 Å². The van der Waals surface area contributed by atoms with Gasteiger partial charge in [-0.3, -0.25) is 5.01 Å². The first-order valence-electron chi connectivity index (χ1n) is 10.5. The molecular weight excluding hydrogens is 400 g/mol. The molecule has 31 heavy (non-hydrogen) atoms. The highest BCUT2D eigenvalue weighted by molar-refractivity contribution is 5.69. The summed E-state index contributed by atoms with van der Waals surface area (Å²) in [5.41, 5.74) is 2.18. The number of rotatable bonds is 6. The zero-order valence-electron chi connectivity index (χ0n) is 18.9. The van der Waals surface area contributed by atoms with E-state index in [2.05, 4.69) is 15.4 Å². The van der Waals surface area contributed by atoms with Crippen LogP contribution >= 0.6 is 0 Å². The third-order valence-electron chi connectivity index (χ3n) is 4.51. The van der Waals surface area contributed by atoms with Crippen LogP contribution in [-0.2, 0) is 9.47 Å². The standard InChI is InChI=1S/C21H32N6O4/c1-15(2)13-27(18-6-9-23-17(12-22)24-18)25-19(28)30-14-16-7-10-26(11-8-16)20(29)31-21(3,4)5/h6,9,15-16H,7-8,10-11,13-14H2,1-5H3,(H,25,28). The van der Waals surface area contributed by atoms with Crippen molar-refractivity contribution in [3.05, 3.63) is 18.1 Å². The van der Waals surface area contributed by atoms with Gasteiger partial charge < -0.3 is 14.4 Å². The van der Waals surface area contributed by atoms with Crippen LogP contribution in [0.25, 0.3) is 0 Å². The molecule has 1 saturated heterocycles. The molecule has 0 spiro atoms. The average Bonchev–Trinajstić information content (AvgIpc) is 2.70. The Morgan fingerprint density at radius 3 is 2.61 bits per heavy atom. The van der Waals surface area contributed by atoms with Crippen molar-refractivity contribution in [1.82, 2.24) is 20.3 Å². The van der Waals surface area contributed by atoms with E-state index in [1.165, 1.54) is 6.20 Å². The molecule has 0 radical (unpaired) electrons. The molecule has 10 heteroatoms. The first-order valence-corrected chi connectivity index (χ1v) is 10.5. The lowest BCUT2D eigenvalue weighted by Gasteiger charge is -2.33. The average molecular weight is 433 g/mol. The predicted octanol–water partition coefficient (Wildman–Crippen LogP) is 3.10. The van der Waals surface area contributed by atoms with Gasteiger partial charge in [-0.15, -0.1) is 0 Å². The Labute approximate surface area is 183 Å². The van der Waals surface area contributed by atoms with Crippen molar-refractivity contribution in [2.75, 3.05) is 31.3 Å². The molecule has 170 valence electrons. The molecule has 2 rings (SSSR count). The van der Waals surface area contributed by atoms with Gasteiger partial charge in [0.15, 0.2) is 5.82 Å². The Morgan fingerprint density at radius 1 is 1.35 bits per heavy atom. The van der Waals surface area contributed by atoms with Crippen molar-refractivity contribution in [3.63, 3.8) is 0 Å². The van der Waals surface area contributed by atoms with Crippen LogP contribution in [0.2, 0.25) is 0 Å². The lowest BCUT2D eigenvalue weighted by atomic mass is 9.98. The summed E-state index contributed by atoms with van der Waals surface area (Å²) < 4.78 is 10.8. The van der Waals surface area contributed by atoms with Crippen molar-refractivity contribution >= 4 is 18.0 Å². The fraction of sp³-hybridized carbons (Fsp3) is 0.667. The van der Waals surface area contributed by atoms with Gasteiger partial charge in [0, 0.05) is 31.9 Å². The van der Waals surface area contributed by atoms with Gasteiger partial charge in [0.2, 0.25) is 5.82 Å². The van der Waals surface area contributed by atoms with Crippen molar-refractivity contribution in [1.29, 1.82) is 5.26 Å². The lowest BCUT2D eigenvalue weighted by Crippen LogP contribution is -2.46.